The number of benzene rings is 1. The molecule has 1 aromatic rings. The van der Waals surface area contributed by atoms with Crippen molar-refractivity contribution in [3.63, 3.8) is 0 Å². The Morgan fingerprint density at radius 2 is 2.19 bits per heavy atom. The van der Waals surface area contributed by atoms with E-state index in [0.29, 0.717) is 19.4 Å². The molecule has 1 aliphatic heterocycles. The number of halogens is 2. The minimum Gasteiger partial charge on any atom is -0.480 e. The molecule has 0 bridgehead atoms. The van der Waals surface area contributed by atoms with Crippen molar-refractivity contribution in [2.75, 3.05) is 11.4 Å². The van der Waals surface area contributed by atoms with Crippen molar-refractivity contribution >= 4 is 11.7 Å². The standard InChI is InChI=1S/C11H11F2NO2/c12-7-3-4-8(13)10(6-7)14-5-1-2-9(14)11(15)16/h3-4,6,9H,1-2,5H2,(H,15,16). The molecule has 0 aromatic heterocycles. The summed E-state index contributed by atoms with van der Waals surface area (Å²) in [6, 6.07) is 2.32. The van der Waals surface area contributed by atoms with Gasteiger partial charge in [-0.3, -0.25) is 0 Å². The average molecular weight is 227 g/mol. The van der Waals surface area contributed by atoms with Gasteiger partial charge in [-0.05, 0) is 25.0 Å². The highest BCUT2D eigenvalue weighted by molar-refractivity contribution is 5.79. The topological polar surface area (TPSA) is 40.5 Å². The van der Waals surface area contributed by atoms with Crippen molar-refractivity contribution in [3.05, 3.63) is 29.8 Å². The van der Waals surface area contributed by atoms with Crippen molar-refractivity contribution in [1.82, 2.24) is 0 Å². The van der Waals surface area contributed by atoms with Gasteiger partial charge in [0.25, 0.3) is 0 Å². The number of hydrogen-bond acceptors (Lipinski definition) is 2. The summed E-state index contributed by atoms with van der Waals surface area (Å²) in [5, 5.41) is 8.95. The first-order chi connectivity index (χ1) is 7.59. The lowest BCUT2D eigenvalue weighted by molar-refractivity contribution is -0.138. The van der Waals surface area contributed by atoms with Crippen LogP contribution in [0.1, 0.15) is 12.8 Å². The maximum atomic E-state index is 13.5. The lowest BCUT2D eigenvalue weighted by Crippen LogP contribution is -2.36. The van der Waals surface area contributed by atoms with Crippen LogP contribution >= 0.6 is 0 Å². The summed E-state index contributed by atoms with van der Waals surface area (Å²) in [5.41, 5.74) is 0.0323. The third-order valence-corrected chi connectivity index (χ3v) is 2.76. The fourth-order valence-electron chi connectivity index (χ4n) is 2.02. The second-order valence-electron chi connectivity index (χ2n) is 3.79. The summed E-state index contributed by atoms with van der Waals surface area (Å²) in [4.78, 5) is 12.3. The summed E-state index contributed by atoms with van der Waals surface area (Å²) in [5.74, 6) is -2.15. The van der Waals surface area contributed by atoms with Crippen LogP contribution < -0.4 is 4.90 Å². The van der Waals surface area contributed by atoms with Crippen LogP contribution in [0, 0.1) is 11.6 Å². The molecule has 1 aliphatic rings. The smallest absolute Gasteiger partial charge is 0.326 e. The molecule has 1 aromatic carbocycles. The Balaban J connectivity index is 2.35. The van der Waals surface area contributed by atoms with Crippen LogP contribution in [0.4, 0.5) is 14.5 Å². The van der Waals surface area contributed by atoms with Crippen LogP contribution in [0.2, 0.25) is 0 Å². The minimum atomic E-state index is -0.999. The van der Waals surface area contributed by atoms with Crippen molar-refractivity contribution < 1.29 is 18.7 Å². The van der Waals surface area contributed by atoms with Crippen molar-refractivity contribution in [3.8, 4) is 0 Å². The van der Waals surface area contributed by atoms with Crippen LogP contribution in [-0.4, -0.2) is 23.7 Å². The molecule has 1 saturated heterocycles. The quantitative estimate of drug-likeness (QED) is 0.840. The number of carboxylic acids is 1. The molecule has 0 radical (unpaired) electrons. The Morgan fingerprint density at radius 1 is 1.44 bits per heavy atom. The maximum Gasteiger partial charge on any atom is 0.326 e. The normalized spacial score (nSPS) is 20.1. The van der Waals surface area contributed by atoms with E-state index >= 15 is 0 Å². The molecule has 2 rings (SSSR count). The van der Waals surface area contributed by atoms with E-state index in [1.165, 1.54) is 4.90 Å². The molecule has 16 heavy (non-hydrogen) atoms. The van der Waals surface area contributed by atoms with E-state index in [1.54, 1.807) is 0 Å². The van der Waals surface area contributed by atoms with Gasteiger partial charge in [0.2, 0.25) is 0 Å². The monoisotopic (exact) mass is 227 g/mol. The molecule has 0 aliphatic carbocycles. The molecule has 1 N–H and O–H groups in total. The van der Waals surface area contributed by atoms with Gasteiger partial charge in [0.05, 0.1) is 5.69 Å². The molecule has 5 heteroatoms. The Hall–Kier alpha value is -1.65. The molecule has 3 nitrogen and oxygen atoms in total. The van der Waals surface area contributed by atoms with E-state index in [9.17, 15) is 13.6 Å². The van der Waals surface area contributed by atoms with Gasteiger partial charge < -0.3 is 10.0 Å². The van der Waals surface area contributed by atoms with Crippen LogP contribution in [-0.2, 0) is 4.79 Å². The van der Waals surface area contributed by atoms with Crippen LogP contribution in [0.15, 0.2) is 18.2 Å². The first kappa shape index (κ1) is 10.9. The summed E-state index contributed by atoms with van der Waals surface area (Å²) >= 11 is 0. The zero-order valence-electron chi connectivity index (χ0n) is 8.49. The molecule has 86 valence electrons. The van der Waals surface area contributed by atoms with Gasteiger partial charge in [0.15, 0.2) is 0 Å². The average Bonchev–Trinajstić information content (AvgIpc) is 2.70. The van der Waals surface area contributed by atoms with E-state index in [-0.39, 0.29) is 5.69 Å². The number of aliphatic carboxylic acids is 1. The zero-order chi connectivity index (χ0) is 11.7. The molecular weight excluding hydrogens is 216 g/mol. The van der Waals surface area contributed by atoms with Crippen molar-refractivity contribution in [1.29, 1.82) is 0 Å². The van der Waals surface area contributed by atoms with Gasteiger partial charge >= 0.3 is 5.97 Å². The molecule has 1 unspecified atom stereocenters. The van der Waals surface area contributed by atoms with Gasteiger partial charge in [-0.1, -0.05) is 0 Å². The Labute approximate surface area is 91.3 Å². The second-order valence-corrected chi connectivity index (χ2v) is 3.79. The van der Waals surface area contributed by atoms with Crippen LogP contribution in [0.3, 0.4) is 0 Å². The third-order valence-electron chi connectivity index (χ3n) is 2.76. The molecule has 0 saturated carbocycles. The van der Waals surface area contributed by atoms with Crippen LogP contribution in [0.5, 0.6) is 0 Å². The number of nitrogens with zero attached hydrogens (tertiary/aromatic N) is 1. The highest BCUT2D eigenvalue weighted by Gasteiger charge is 2.32. The molecule has 1 atom stereocenters. The van der Waals surface area contributed by atoms with Gasteiger partial charge in [0.1, 0.15) is 17.7 Å². The highest BCUT2D eigenvalue weighted by Crippen LogP contribution is 2.28. The summed E-state index contributed by atoms with van der Waals surface area (Å²) in [6.45, 7) is 0.442. The maximum absolute atomic E-state index is 13.5. The first-order valence-corrected chi connectivity index (χ1v) is 5.04. The van der Waals surface area contributed by atoms with Gasteiger partial charge in [-0.2, -0.15) is 0 Å². The largest absolute Gasteiger partial charge is 0.480 e. The van der Waals surface area contributed by atoms with Crippen molar-refractivity contribution in [2.45, 2.75) is 18.9 Å². The number of anilines is 1. The van der Waals surface area contributed by atoms with Gasteiger partial charge in [0, 0.05) is 12.6 Å². The summed E-state index contributed by atoms with van der Waals surface area (Å²) in [6.07, 6.45) is 1.14. The first-order valence-electron chi connectivity index (χ1n) is 5.04. The molecule has 0 amide bonds. The Bertz CT molecular complexity index is 422. The van der Waals surface area contributed by atoms with E-state index in [1.807, 2.05) is 0 Å². The lowest BCUT2D eigenvalue weighted by Gasteiger charge is -2.23. The number of rotatable bonds is 2. The SMILES string of the molecule is O=C(O)C1CCCN1c1cc(F)ccc1F. The van der Waals surface area contributed by atoms with Crippen LogP contribution in [0.25, 0.3) is 0 Å². The third kappa shape index (κ3) is 1.85. The molecular formula is C11H11F2NO2. The van der Waals surface area contributed by atoms with Crippen molar-refractivity contribution in [2.24, 2.45) is 0 Å². The van der Waals surface area contributed by atoms with E-state index in [2.05, 4.69) is 0 Å². The predicted octanol–water partition coefficient (Wildman–Crippen LogP) is 2.02. The fraction of sp³-hybridized carbons (Fsp3) is 0.364. The van der Waals surface area contributed by atoms with E-state index in [4.69, 9.17) is 5.11 Å². The molecule has 1 heterocycles. The number of hydrogen-bond donors (Lipinski definition) is 1. The second kappa shape index (κ2) is 4.08. The summed E-state index contributed by atoms with van der Waals surface area (Å²) < 4.78 is 26.4. The molecule has 1 fully saturated rings. The Kier molecular flexibility index (Phi) is 2.77. The van der Waals surface area contributed by atoms with E-state index < -0.39 is 23.6 Å². The van der Waals surface area contributed by atoms with Gasteiger partial charge in [-0.25, -0.2) is 13.6 Å². The fourth-order valence-corrected chi connectivity index (χ4v) is 2.02. The highest BCUT2D eigenvalue weighted by atomic mass is 19.1. The summed E-state index contributed by atoms with van der Waals surface area (Å²) in [7, 11) is 0. The number of carbonyl (C=O) groups is 1. The zero-order valence-corrected chi connectivity index (χ0v) is 8.49. The molecule has 0 spiro atoms. The predicted molar refractivity (Wildman–Crippen MR) is 54.4 cm³/mol. The minimum absolute atomic E-state index is 0.0323. The number of carboxylic acid groups (broad SMARTS) is 1. The lowest BCUT2D eigenvalue weighted by atomic mass is 10.2. The Morgan fingerprint density at radius 3 is 2.88 bits per heavy atom. The van der Waals surface area contributed by atoms with Gasteiger partial charge in [-0.15, -0.1) is 0 Å². The van der Waals surface area contributed by atoms with E-state index in [0.717, 1.165) is 18.2 Å².